The van der Waals surface area contributed by atoms with Gasteiger partial charge in [-0.1, -0.05) is 30.3 Å². The highest BCUT2D eigenvalue weighted by atomic mass is 16.6. The summed E-state index contributed by atoms with van der Waals surface area (Å²) in [7, 11) is 0. The lowest BCUT2D eigenvalue weighted by Gasteiger charge is -2.21. The molecule has 0 radical (unpaired) electrons. The number of anilines is 1. The number of nitro groups is 1. The van der Waals surface area contributed by atoms with E-state index in [-0.39, 0.29) is 40.8 Å². The van der Waals surface area contributed by atoms with E-state index < -0.39 is 34.6 Å². The van der Waals surface area contributed by atoms with Gasteiger partial charge in [-0.05, 0) is 58.4 Å². The summed E-state index contributed by atoms with van der Waals surface area (Å²) >= 11 is 0. The summed E-state index contributed by atoms with van der Waals surface area (Å²) in [6.45, 7) is 8.39. The number of nitrogens with zero attached hydrogens (tertiary/aromatic N) is 2. The number of esters is 2. The Balaban J connectivity index is 2.07. The van der Waals surface area contributed by atoms with Crippen molar-refractivity contribution in [3.8, 4) is 11.3 Å². The minimum Gasteiger partial charge on any atom is -0.459 e. The molecule has 200 valence electrons. The van der Waals surface area contributed by atoms with Crippen molar-refractivity contribution in [2.75, 3.05) is 5.32 Å². The maximum atomic E-state index is 13.4. The van der Waals surface area contributed by atoms with Gasteiger partial charge in [-0.15, -0.1) is 0 Å². The van der Waals surface area contributed by atoms with E-state index in [0.717, 1.165) is 11.6 Å². The summed E-state index contributed by atoms with van der Waals surface area (Å²) < 4.78 is 11.9. The number of non-ortho nitro benzene ring substituents is 1. The fraction of sp³-hybridized carbons (Fsp3) is 0.321. The molecule has 0 aliphatic rings. The number of nitro benzene ring substituents is 1. The van der Waals surface area contributed by atoms with Crippen molar-refractivity contribution in [3.63, 3.8) is 0 Å². The molecular formula is C28H31N3O7. The van der Waals surface area contributed by atoms with Crippen molar-refractivity contribution in [1.82, 2.24) is 4.57 Å². The number of rotatable bonds is 9. The summed E-state index contributed by atoms with van der Waals surface area (Å²) in [6, 6.07) is 15.8. The van der Waals surface area contributed by atoms with Crippen LogP contribution in [-0.2, 0) is 27.4 Å². The monoisotopic (exact) mass is 521 g/mol. The van der Waals surface area contributed by atoms with Crippen molar-refractivity contribution in [2.45, 2.75) is 59.4 Å². The standard InChI is InChI=1S/C28H31N3O7/c1-18(2)29-23-11-12-24(30(26(23)33)16-25(32)38-28(3,4)5)20-13-21(15-22(14-20)31(35)36)27(34)37-17-19-9-7-6-8-10-19/h6-15,18,29H,16-17H2,1-5H3. The lowest BCUT2D eigenvalue weighted by Crippen LogP contribution is -2.33. The van der Waals surface area contributed by atoms with Crippen molar-refractivity contribution >= 4 is 23.3 Å². The van der Waals surface area contributed by atoms with Gasteiger partial charge < -0.3 is 14.8 Å². The summed E-state index contributed by atoms with van der Waals surface area (Å²) in [4.78, 5) is 50.0. The van der Waals surface area contributed by atoms with Crippen LogP contribution in [0.15, 0.2) is 65.5 Å². The third-order valence-electron chi connectivity index (χ3n) is 5.20. The lowest BCUT2D eigenvalue weighted by atomic mass is 10.0. The topological polar surface area (TPSA) is 130 Å². The van der Waals surface area contributed by atoms with Crippen LogP contribution in [0.3, 0.4) is 0 Å². The van der Waals surface area contributed by atoms with Gasteiger partial charge in [0, 0.05) is 23.7 Å². The van der Waals surface area contributed by atoms with E-state index in [1.165, 1.54) is 22.8 Å². The van der Waals surface area contributed by atoms with E-state index in [0.29, 0.717) is 0 Å². The number of nitrogens with one attached hydrogen (secondary N) is 1. The highest BCUT2D eigenvalue weighted by molar-refractivity contribution is 5.92. The minimum absolute atomic E-state index is 0.0172. The third-order valence-corrected chi connectivity index (χ3v) is 5.20. The van der Waals surface area contributed by atoms with E-state index >= 15 is 0 Å². The second kappa shape index (κ2) is 11.7. The zero-order valence-electron chi connectivity index (χ0n) is 22.0. The Morgan fingerprint density at radius 2 is 1.74 bits per heavy atom. The Morgan fingerprint density at radius 3 is 2.34 bits per heavy atom. The molecule has 0 spiro atoms. The molecule has 0 aliphatic carbocycles. The number of ether oxygens (including phenoxy) is 2. The first-order chi connectivity index (χ1) is 17.8. The molecule has 0 saturated carbocycles. The van der Waals surface area contributed by atoms with Crippen LogP contribution in [0.25, 0.3) is 11.3 Å². The summed E-state index contributed by atoms with van der Waals surface area (Å²) in [5.74, 6) is -1.42. The van der Waals surface area contributed by atoms with Crippen molar-refractivity contribution in [3.05, 3.63) is 92.3 Å². The van der Waals surface area contributed by atoms with Crippen molar-refractivity contribution in [2.24, 2.45) is 0 Å². The summed E-state index contributed by atoms with van der Waals surface area (Å²) in [6.07, 6.45) is 0. The molecule has 1 N–H and O–H groups in total. The van der Waals surface area contributed by atoms with Gasteiger partial charge in [-0.2, -0.15) is 0 Å². The molecule has 38 heavy (non-hydrogen) atoms. The van der Waals surface area contributed by atoms with Crippen molar-refractivity contribution < 1.29 is 24.0 Å². The molecule has 3 aromatic rings. The van der Waals surface area contributed by atoms with Gasteiger partial charge >= 0.3 is 11.9 Å². The van der Waals surface area contributed by atoms with Crippen LogP contribution >= 0.6 is 0 Å². The smallest absolute Gasteiger partial charge is 0.338 e. The van der Waals surface area contributed by atoms with Gasteiger partial charge in [0.25, 0.3) is 11.2 Å². The fourth-order valence-corrected chi connectivity index (χ4v) is 3.70. The Labute approximate surface area is 220 Å². The van der Waals surface area contributed by atoms with E-state index in [1.54, 1.807) is 51.1 Å². The number of aromatic nitrogens is 1. The fourth-order valence-electron chi connectivity index (χ4n) is 3.70. The number of hydrogen-bond acceptors (Lipinski definition) is 8. The number of hydrogen-bond donors (Lipinski definition) is 1. The molecule has 0 unspecified atom stereocenters. The van der Waals surface area contributed by atoms with Crippen LogP contribution in [0.5, 0.6) is 0 Å². The van der Waals surface area contributed by atoms with Gasteiger partial charge in [0.05, 0.1) is 16.2 Å². The second-order valence-electron chi connectivity index (χ2n) is 10.00. The van der Waals surface area contributed by atoms with E-state index in [9.17, 15) is 24.5 Å². The van der Waals surface area contributed by atoms with Crippen LogP contribution in [0.2, 0.25) is 0 Å². The minimum atomic E-state index is -0.782. The molecule has 0 aliphatic heterocycles. The van der Waals surface area contributed by atoms with Crippen LogP contribution in [0, 0.1) is 10.1 Å². The predicted octanol–water partition coefficient (Wildman–Crippen LogP) is 4.94. The quantitative estimate of drug-likeness (QED) is 0.238. The van der Waals surface area contributed by atoms with Gasteiger partial charge in [-0.25, -0.2) is 4.79 Å². The van der Waals surface area contributed by atoms with Gasteiger partial charge in [0.15, 0.2) is 0 Å². The highest BCUT2D eigenvalue weighted by Gasteiger charge is 2.22. The number of pyridine rings is 1. The number of carbonyl (C=O) groups excluding carboxylic acids is 2. The summed E-state index contributed by atoms with van der Waals surface area (Å²) in [5, 5.41) is 14.7. The van der Waals surface area contributed by atoms with Gasteiger partial charge in [-0.3, -0.25) is 24.3 Å². The maximum absolute atomic E-state index is 13.4. The maximum Gasteiger partial charge on any atom is 0.338 e. The van der Waals surface area contributed by atoms with E-state index in [4.69, 9.17) is 9.47 Å². The zero-order valence-corrected chi connectivity index (χ0v) is 22.0. The highest BCUT2D eigenvalue weighted by Crippen LogP contribution is 2.27. The average Bonchev–Trinajstić information content (AvgIpc) is 2.84. The van der Waals surface area contributed by atoms with Crippen LogP contribution in [0.1, 0.15) is 50.5 Å². The summed E-state index contributed by atoms with van der Waals surface area (Å²) in [5.41, 5.74) is -0.317. The molecule has 3 rings (SSSR count). The van der Waals surface area contributed by atoms with Crippen LogP contribution in [0.4, 0.5) is 11.4 Å². The number of benzene rings is 2. The molecular weight excluding hydrogens is 490 g/mol. The van der Waals surface area contributed by atoms with Gasteiger partial charge in [0.1, 0.15) is 24.4 Å². The normalized spacial score (nSPS) is 11.2. The second-order valence-corrected chi connectivity index (χ2v) is 10.00. The van der Waals surface area contributed by atoms with E-state index in [2.05, 4.69) is 5.32 Å². The van der Waals surface area contributed by atoms with Crippen LogP contribution in [-0.4, -0.2) is 33.1 Å². The molecule has 0 fully saturated rings. The largest absolute Gasteiger partial charge is 0.459 e. The molecule has 1 heterocycles. The molecule has 10 nitrogen and oxygen atoms in total. The molecule has 0 saturated heterocycles. The number of carbonyl (C=O) groups is 2. The molecule has 1 aromatic heterocycles. The molecule has 10 heteroatoms. The third kappa shape index (κ3) is 7.52. The van der Waals surface area contributed by atoms with E-state index in [1.807, 2.05) is 19.9 Å². The Hall–Kier alpha value is -4.47. The van der Waals surface area contributed by atoms with Gasteiger partial charge in [0.2, 0.25) is 0 Å². The first kappa shape index (κ1) is 28.1. The van der Waals surface area contributed by atoms with Crippen molar-refractivity contribution in [1.29, 1.82) is 0 Å². The molecule has 0 amide bonds. The lowest BCUT2D eigenvalue weighted by molar-refractivity contribution is -0.384. The Kier molecular flexibility index (Phi) is 8.67. The van der Waals surface area contributed by atoms with Crippen LogP contribution < -0.4 is 10.9 Å². The average molecular weight is 522 g/mol. The Bertz CT molecular complexity index is 1390. The molecule has 2 aromatic carbocycles. The Morgan fingerprint density at radius 1 is 1.05 bits per heavy atom. The first-order valence-electron chi connectivity index (χ1n) is 12.1. The predicted molar refractivity (Wildman–Crippen MR) is 143 cm³/mol. The zero-order chi connectivity index (χ0) is 28.0. The SMILES string of the molecule is CC(C)Nc1ccc(-c2cc(C(=O)OCc3ccccc3)cc([N+](=O)[O-])c2)n(CC(=O)OC(C)(C)C)c1=O. The first-order valence-corrected chi connectivity index (χ1v) is 12.1. The molecule has 0 atom stereocenters. The molecule has 0 bridgehead atoms.